The van der Waals surface area contributed by atoms with Gasteiger partial charge in [0.1, 0.15) is 11.4 Å². The van der Waals surface area contributed by atoms with Crippen LogP contribution >= 0.6 is 0 Å². The lowest BCUT2D eigenvalue weighted by Gasteiger charge is -2.35. The second kappa shape index (κ2) is 8.22. The molecule has 2 aliphatic rings. The summed E-state index contributed by atoms with van der Waals surface area (Å²) in [5.41, 5.74) is -0.570. The lowest BCUT2D eigenvalue weighted by Crippen LogP contribution is -2.50. The number of rotatable bonds is 4. The number of amides is 1. The van der Waals surface area contributed by atoms with E-state index in [1.165, 1.54) is 6.20 Å². The Morgan fingerprint density at radius 3 is 2.62 bits per heavy atom. The first kappa shape index (κ1) is 19.9. The van der Waals surface area contributed by atoms with E-state index in [0.29, 0.717) is 43.2 Å². The average Bonchev–Trinajstić information content (AvgIpc) is 3.30. The van der Waals surface area contributed by atoms with Gasteiger partial charge in [-0.15, -0.1) is 0 Å². The van der Waals surface area contributed by atoms with Crippen LogP contribution in [0.5, 0.6) is 11.5 Å². The third-order valence-corrected chi connectivity index (χ3v) is 5.61. The molecule has 164 valence electrons. The zero-order chi connectivity index (χ0) is 22.1. The van der Waals surface area contributed by atoms with E-state index < -0.39 is 17.2 Å². The second-order valence-corrected chi connectivity index (χ2v) is 7.55. The number of nitrogens with one attached hydrogen (secondary N) is 1. The Hall–Kier alpha value is -4.08. The van der Waals surface area contributed by atoms with Crippen molar-refractivity contribution in [3.8, 4) is 11.5 Å². The molecule has 1 N–H and O–H groups in total. The number of fused-ring (bicyclic) bond motifs is 1. The summed E-state index contributed by atoms with van der Waals surface area (Å²) < 4.78 is 11.7. The van der Waals surface area contributed by atoms with Crippen molar-refractivity contribution >= 4 is 11.7 Å². The molecule has 0 radical (unpaired) electrons. The summed E-state index contributed by atoms with van der Waals surface area (Å²) in [5.74, 6) is 1.63. The van der Waals surface area contributed by atoms with Crippen LogP contribution in [-0.2, 0) is 6.54 Å². The van der Waals surface area contributed by atoms with Crippen molar-refractivity contribution in [2.24, 2.45) is 0 Å². The first-order valence-corrected chi connectivity index (χ1v) is 10.3. The molecule has 1 aromatic carbocycles. The highest BCUT2D eigenvalue weighted by atomic mass is 16.7. The monoisotopic (exact) mass is 435 g/mol. The van der Waals surface area contributed by atoms with Gasteiger partial charge in [-0.05, 0) is 29.8 Å². The minimum Gasteiger partial charge on any atom is -0.454 e. The number of pyridine rings is 1. The van der Waals surface area contributed by atoms with Gasteiger partial charge in [0.05, 0.1) is 6.54 Å². The number of carbonyl (C=O) groups excluding carboxylic acids is 1. The number of H-pyrrole nitrogens is 1. The van der Waals surface area contributed by atoms with Gasteiger partial charge >= 0.3 is 5.69 Å². The maximum atomic E-state index is 13.1. The minimum atomic E-state index is -0.622. The van der Waals surface area contributed by atoms with Crippen molar-refractivity contribution in [2.45, 2.75) is 6.54 Å². The van der Waals surface area contributed by atoms with Gasteiger partial charge in [0, 0.05) is 38.6 Å². The van der Waals surface area contributed by atoms with Gasteiger partial charge in [0.2, 0.25) is 6.79 Å². The summed E-state index contributed by atoms with van der Waals surface area (Å²) in [6.45, 7) is 2.28. The van der Waals surface area contributed by atoms with E-state index in [0.717, 1.165) is 10.4 Å². The number of carbonyl (C=O) groups is 1. The highest BCUT2D eigenvalue weighted by molar-refractivity contribution is 5.93. The predicted octanol–water partition coefficient (Wildman–Crippen LogP) is 0.671. The summed E-state index contributed by atoms with van der Waals surface area (Å²) in [4.78, 5) is 49.0. The molecule has 0 saturated carbocycles. The Bertz CT molecular complexity index is 1260. The number of benzene rings is 1. The van der Waals surface area contributed by atoms with E-state index in [1.54, 1.807) is 29.3 Å². The van der Waals surface area contributed by atoms with Gasteiger partial charge in [-0.2, -0.15) is 0 Å². The molecule has 2 aliphatic heterocycles. The Balaban J connectivity index is 1.34. The van der Waals surface area contributed by atoms with Crippen molar-refractivity contribution in [3.05, 3.63) is 80.8 Å². The number of piperazine rings is 1. The standard InChI is InChI=1S/C22H21N5O5/c28-20(26-9-7-25(8-10-26)19-3-1-2-6-23-19)16-12-24-22(30)27(21(16)29)13-15-4-5-17-18(11-15)32-14-31-17/h1-6,11-12H,7-10,13-14H2,(H,24,30). The van der Waals surface area contributed by atoms with E-state index in [9.17, 15) is 14.4 Å². The predicted molar refractivity (Wildman–Crippen MR) is 115 cm³/mol. The van der Waals surface area contributed by atoms with Gasteiger partial charge in [-0.3, -0.25) is 14.2 Å². The Kier molecular flexibility index (Phi) is 5.10. The van der Waals surface area contributed by atoms with E-state index in [4.69, 9.17) is 9.47 Å². The van der Waals surface area contributed by atoms with E-state index in [-0.39, 0.29) is 18.9 Å². The largest absolute Gasteiger partial charge is 0.454 e. The summed E-state index contributed by atoms with van der Waals surface area (Å²) in [5, 5.41) is 0. The van der Waals surface area contributed by atoms with Crippen LogP contribution in [0.1, 0.15) is 15.9 Å². The van der Waals surface area contributed by atoms with Crippen LogP contribution < -0.4 is 25.6 Å². The fourth-order valence-corrected chi connectivity index (χ4v) is 3.88. The number of hydrogen-bond acceptors (Lipinski definition) is 7. The second-order valence-electron chi connectivity index (χ2n) is 7.55. The van der Waals surface area contributed by atoms with Gasteiger partial charge in [0.25, 0.3) is 11.5 Å². The van der Waals surface area contributed by atoms with E-state index in [2.05, 4.69) is 14.9 Å². The molecule has 0 spiro atoms. The highest BCUT2D eigenvalue weighted by Gasteiger charge is 2.26. The quantitative estimate of drug-likeness (QED) is 0.641. The third-order valence-electron chi connectivity index (χ3n) is 5.61. The van der Waals surface area contributed by atoms with Gasteiger partial charge in [-0.25, -0.2) is 9.78 Å². The average molecular weight is 435 g/mol. The first-order chi connectivity index (χ1) is 15.6. The Morgan fingerprint density at radius 2 is 1.84 bits per heavy atom. The van der Waals surface area contributed by atoms with Crippen LogP contribution in [0, 0.1) is 0 Å². The number of aromatic amines is 1. The normalized spacial score (nSPS) is 15.1. The fraction of sp³-hybridized carbons (Fsp3) is 0.273. The number of aromatic nitrogens is 3. The van der Waals surface area contributed by atoms with Crippen LogP contribution in [0.4, 0.5) is 5.82 Å². The molecular weight excluding hydrogens is 414 g/mol. The molecule has 10 nitrogen and oxygen atoms in total. The lowest BCUT2D eigenvalue weighted by atomic mass is 10.2. The molecule has 3 aromatic rings. The molecule has 1 saturated heterocycles. The van der Waals surface area contributed by atoms with Gasteiger partial charge < -0.3 is 24.3 Å². The molecule has 0 atom stereocenters. The zero-order valence-corrected chi connectivity index (χ0v) is 17.2. The zero-order valence-electron chi connectivity index (χ0n) is 17.2. The fourth-order valence-electron chi connectivity index (χ4n) is 3.88. The summed E-state index contributed by atoms with van der Waals surface area (Å²) in [6.07, 6.45) is 2.93. The summed E-state index contributed by atoms with van der Waals surface area (Å²) in [7, 11) is 0. The van der Waals surface area contributed by atoms with Crippen LogP contribution in [0.3, 0.4) is 0 Å². The molecule has 5 rings (SSSR count). The molecule has 10 heteroatoms. The minimum absolute atomic E-state index is 0.0133. The SMILES string of the molecule is O=C(c1c[nH]c(=O)n(Cc2ccc3c(c2)OCO3)c1=O)N1CCN(c2ccccn2)CC1. The van der Waals surface area contributed by atoms with Gasteiger partial charge in [-0.1, -0.05) is 12.1 Å². The molecule has 0 unspecified atom stereocenters. The maximum Gasteiger partial charge on any atom is 0.328 e. The van der Waals surface area contributed by atoms with Crippen LogP contribution in [0.15, 0.2) is 58.4 Å². The lowest BCUT2D eigenvalue weighted by molar-refractivity contribution is 0.0743. The number of nitrogens with zero attached hydrogens (tertiary/aromatic N) is 4. The molecular formula is C22H21N5O5. The van der Waals surface area contributed by atoms with Crippen LogP contribution in [-0.4, -0.2) is 58.3 Å². The van der Waals surface area contributed by atoms with Crippen LogP contribution in [0.2, 0.25) is 0 Å². The topological polar surface area (TPSA) is 110 Å². The smallest absolute Gasteiger partial charge is 0.328 e. The highest BCUT2D eigenvalue weighted by Crippen LogP contribution is 2.32. The Labute approximate surface area is 182 Å². The molecule has 0 aliphatic carbocycles. The molecule has 2 aromatic heterocycles. The number of hydrogen-bond donors (Lipinski definition) is 1. The summed E-state index contributed by atoms with van der Waals surface area (Å²) in [6, 6.07) is 10.9. The van der Waals surface area contributed by atoms with Crippen LogP contribution in [0.25, 0.3) is 0 Å². The van der Waals surface area contributed by atoms with Crippen molar-refractivity contribution in [1.29, 1.82) is 0 Å². The number of anilines is 1. The van der Waals surface area contributed by atoms with Crippen molar-refractivity contribution in [2.75, 3.05) is 37.9 Å². The molecule has 32 heavy (non-hydrogen) atoms. The molecule has 1 fully saturated rings. The molecule has 1 amide bonds. The van der Waals surface area contributed by atoms with E-state index >= 15 is 0 Å². The molecule has 0 bridgehead atoms. The Morgan fingerprint density at radius 1 is 1.03 bits per heavy atom. The van der Waals surface area contributed by atoms with E-state index in [1.807, 2.05) is 18.2 Å². The van der Waals surface area contributed by atoms with Crippen molar-refractivity contribution < 1.29 is 14.3 Å². The summed E-state index contributed by atoms with van der Waals surface area (Å²) >= 11 is 0. The van der Waals surface area contributed by atoms with Crippen molar-refractivity contribution in [3.63, 3.8) is 0 Å². The third kappa shape index (κ3) is 3.70. The maximum absolute atomic E-state index is 13.1. The first-order valence-electron chi connectivity index (χ1n) is 10.3. The van der Waals surface area contributed by atoms with Gasteiger partial charge in [0.15, 0.2) is 11.5 Å². The molecule has 4 heterocycles. The van der Waals surface area contributed by atoms with Crippen molar-refractivity contribution in [1.82, 2.24) is 19.4 Å². The number of ether oxygens (including phenoxy) is 2.